The van der Waals surface area contributed by atoms with Crippen LogP contribution in [0.4, 0.5) is 0 Å². The SMILES string of the molecule is COc1ccc(S(=O)(=O)N(C)C)cc1C(=O)NC(C)C(=O)O. The standard InChI is InChI=1S/C13H18N2O6S/c1-8(13(17)18)14-12(16)10-7-9(5-6-11(10)21-4)22(19,20)15(2)3/h5-8H,1-4H3,(H,14,16)(H,17,18). The Morgan fingerprint density at radius 2 is 1.91 bits per heavy atom. The van der Waals surface area contributed by atoms with Gasteiger partial charge in [-0.3, -0.25) is 9.59 Å². The van der Waals surface area contributed by atoms with Gasteiger partial charge in [0.25, 0.3) is 5.91 Å². The van der Waals surface area contributed by atoms with Crippen molar-refractivity contribution in [2.45, 2.75) is 17.9 Å². The molecule has 8 nitrogen and oxygen atoms in total. The van der Waals surface area contributed by atoms with Gasteiger partial charge in [-0.15, -0.1) is 0 Å². The molecule has 0 saturated heterocycles. The Morgan fingerprint density at radius 3 is 2.36 bits per heavy atom. The predicted molar refractivity (Wildman–Crippen MR) is 78.4 cm³/mol. The number of rotatable bonds is 6. The van der Waals surface area contributed by atoms with Crippen molar-refractivity contribution in [1.29, 1.82) is 0 Å². The molecule has 9 heteroatoms. The maximum atomic E-state index is 12.1. The molecule has 0 spiro atoms. The minimum absolute atomic E-state index is 0.0569. The average molecular weight is 330 g/mol. The van der Waals surface area contributed by atoms with Crippen LogP contribution in [-0.4, -0.2) is 57.0 Å². The van der Waals surface area contributed by atoms with Gasteiger partial charge in [-0.05, 0) is 25.1 Å². The molecule has 1 atom stereocenters. The molecule has 22 heavy (non-hydrogen) atoms. The number of sulfonamides is 1. The third-order valence-electron chi connectivity index (χ3n) is 2.91. The van der Waals surface area contributed by atoms with E-state index < -0.39 is 27.9 Å². The zero-order valence-corrected chi connectivity index (χ0v) is 13.5. The molecule has 1 unspecified atom stereocenters. The summed E-state index contributed by atoms with van der Waals surface area (Å²) in [5, 5.41) is 11.1. The van der Waals surface area contributed by atoms with Crippen molar-refractivity contribution in [3.05, 3.63) is 23.8 Å². The van der Waals surface area contributed by atoms with E-state index in [1.165, 1.54) is 40.3 Å². The van der Waals surface area contributed by atoms with E-state index >= 15 is 0 Å². The van der Waals surface area contributed by atoms with E-state index in [0.29, 0.717) is 0 Å². The van der Waals surface area contributed by atoms with Crippen molar-refractivity contribution in [2.75, 3.05) is 21.2 Å². The Bertz CT molecular complexity index is 684. The zero-order chi connectivity index (χ0) is 17.1. The Kier molecular flexibility index (Phi) is 5.50. The lowest BCUT2D eigenvalue weighted by Gasteiger charge is -2.15. The Labute approximate surface area is 128 Å². The van der Waals surface area contributed by atoms with E-state index in [0.717, 1.165) is 10.4 Å². The van der Waals surface area contributed by atoms with Crippen molar-refractivity contribution in [3.63, 3.8) is 0 Å². The number of nitrogens with zero attached hydrogens (tertiary/aromatic N) is 1. The number of hydrogen-bond acceptors (Lipinski definition) is 5. The van der Waals surface area contributed by atoms with Crippen molar-refractivity contribution in [1.82, 2.24) is 9.62 Å². The van der Waals surface area contributed by atoms with Crippen LogP contribution in [0, 0.1) is 0 Å². The molecule has 1 aromatic carbocycles. The van der Waals surface area contributed by atoms with Crippen molar-refractivity contribution in [3.8, 4) is 5.75 Å². The molecule has 0 radical (unpaired) electrons. The normalized spacial score (nSPS) is 12.8. The maximum absolute atomic E-state index is 12.1. The third-order valence-corrected chi connectivity index (χ3v) is 4.72. The lowest BCUT2D eigenvalue weighted by Crippen LogP contribution is -2.38. The number of methoxy groups -OCH3 is 1. The molecular formula is C13H18N2O6S. The number of aliphatic carboxylic acids is 1. The van der Waals surface area contributed by atoms with Gasteiger partial charge in [-0.1, -0.05) is 0 Å². The molecule has 122 valence electrons. The average Bonchev–Trinajstić information content (AvgIpc) is 2.45. The summed E-state index contributed by atoms with van der Waals surface area (Å²) in [6.45, 7) is 1.30. The summed E-state index contributed by atoms with van der Waals surface area (Å²) in [5.41, 5.74) is -0.0569. The van der Waals surface area contributed by atoms with E-state index in [-0.39, 0.29) is 16.2 Å². The summed E-state index contributed by atoms with van der Waals surface area (Å²) in [5.74, 6) is -1.79. The summed E-state index contributed by atoms with van der Waals surface area (Å²) < 4.78 is 30.2. The molecule has 0 heterocycles. The second-order valence-corrected chi connectivity index (χ2v) is 6.83. The molecule has 1 amide bonds. The molecule has 0 saturated carbocycles. The Balaban J connectivity index is 3.28. The number of carboxylic acids is 1. The largest absolute Gasteiger partial charge is 0.496 e. The second kappa shape index (κ2) is 6.75. The van der Waals surface area contributed by atoms with Gasteiger partial charge in [0.2, 0.25) is 10.0 Å². The van der Waals surface area contributed by atoms with Crippen LogP contribution in [0.15, 0.2) is 23.1 Å². The van der Waals surface area contributed by atoms with Gasteiger partial charge in [0.15, 0.2) is 0 Å². The molecule has 0 aliphatic carbocycles. The summed E-state index contributed by atoms with van der Waals surface area (Å²) in [6, 6.07) is 2.69. The van der Waals surface area contributed by atoms with Crippen LogP contribution >= 0.6 is 0 Å². The van der Waals surface area contributed by atoms with Gasteiger partial charge in [-0.2, -0.15) is 0 Å². The minimum Gasteiger partial charge on any atom is -0.496 e. The number of nitrogens with one attached hydrogen (secondary N) is 1. The highest BCUT2D eigenvalue weighted by atomic mass is 32.2. The molecule has 0 aliphatic heterocycles. The summed E-state index contributed by atoms with van der Waals surface area (Å²) in [6.07, 6.45) is 0. The van der Waals surface area contributed by atoms with Crippen LogP contribution < -0.4 is 10.1 Å². The maximum Gasteiger partial charge on any atom is 0.325 e. The predicted octanol–water partition coefficient (Wildman–Crippen LogP) is 0.148. The smallest absolute Gasteiger partial charge is 0.325 e. The van der Waals surface area contributed by atoms with E-state index in [1.807, 2.05) is 0 Å². The fourth-order valence-corrected chi connectivity index (χ4v) is 2.50. The highest BCUT2D eigenvalue weighted by Crippen LogP contribution is 2.23. The topological polar surface area (TPSA) is 113 Å². The first-order valence-electron chi connectivity index (χ1n) is 6.25. The molecule has 0 aliphatic rings. The van der Waals surface area contributed by atoms with Crippen LogP contribution in [-0.2, 0) is 14.8 Å². The van der Waals surface area contributed by atoms with Gasteiger partial charge >= 0.3 is 5.97 Å². The highest BCUT2D eigenvalue weighted by Gasteiger charge is 2.23. The number of carboxylic acid groups (broad SMARTS) is 1. The van der Waals surface area contributed by atoms with Crippen molar-refractivity contribution >= 4 is 21.9 Å². The number of carbonyl (C=O) groups excluding carboxylic acids is 1. The van der Waals surface area contributed by atoms with E-state index in [4.69, 9.17) is 9.84 Å². The van der Waals surface area contributed by atoms with Gasteiger partial charge in [0, 0.05) is 14.1 Å². The molecule has 0 bridgehead atoms. The third kappa shape index (κ3) is 3.74. The first kappa shape index (κ1) is 17.9. The van der Waals surface area contributed by atoms with Crippen LogP contribution in [0.25, 0.3) is 0 Å². The number of amides is 1. The van der Waals surface area contributed by atoms with Crippen molar-refractivity contribution in [2.24, 2.45) is 0 Å². The molecular weight excluding hydrogens is 312 g/mol. The van der Waals surface area contributed by atoms with Gasteiger partial charge < -0.3 is 15.2 Å². The van der Waals surface area contributed by atoms with Crippen LogP contribution in [0.1, 0.15) is 17.3 Å². The van der Waals surface area contributed by atoms with Crippen LogP contribution in [0.5, 0.6) is 5.75 Å². The van der Waals surface area contributed by atoms with Crippen LogP contribution in [0.2, 0.25) is 0 Å². The van der Waals surface area contributed by atoms with E-state index in [1.54, 1.807) is 0 Å². The minimum atomic E-state index is -3.72. The van der Waals surface area contributed by atoms with Gasteiger partial charge in [0.05, 0.1) is 17.6 Å². The summed E-state index contributed by atoms with van der Waals surface area (Å²) in [7, 11) is 0.339. The summed E-state index contributed by atoms with van der Waals surface area (Å²) >= 11 is 0. The first-order valence-corrected chi connectivity index (χ1v) is 7.69. The lowest BCUT2D eigenvalue weighted by molar-refractivity contribution is -0.138. The molecule has 0 fully saturated rings. The lowest BCUT2D eigenvalue weighted by atomic mass is 10.1. The fraction of sp³-hybridized carbons (Fsp3) is 0.385. The van der Waals surface area contributed by atoms with Gasteiger partial charge in [0.1, 0.15) is 11.8 Å². The quantitative estimate of drug-likeness (QED) is 0.767. The van der Waals surface area contributed by atoms with Gasteiger partial charge in [-0.25, -0.2) is 12.7 Å². The second-order valence-electron chi connectivity index (χ2n) is 4.68. The molecule has 1 aromatic rings. The monoisotopic (exact) mass is 330 g/mol. The summed E-state index contributed by atoms with van der Waals surface area (Å²) in [4.78, 5) is 22.8. The molecule has 1 rings (SSSR count). The highest BCUT2D eigenvalue weighted by molar-refractivity contribution is 7.89. The number of ether oxygens (including phenoxy) is 1. The van der Waals surface area contributed by atoms with Crippen LogP contribution in [0.3, 0.4) is 0 Å². The number of benzene rings is 1. The number of carbonyl (C=O) groups is 2. The zero-order valence-electron chi connectivity index (χ0n) is 12.7. The number of hydrogen-bond donors (Lipinski definition) is 2. The first-order chi connectivity index (χ1) is 10.1. The van der Waals surface area contributed by atoms with E-state index in [9.17, 15) is 18.0 Å². The fourth-order valence-electron chi connectivity index (χ4n) is 1.57. The van der Waals surface area contributed by atoms with Crippen molar-refractivity contribution < 1.29 is 27.9 Å². The molecule has 2 N–H and O–H groups in total. The van der Waals surface area contributed by atoms with E-state index in [2.05, 4.69) is 5.32 Å². The Hall–Kier alpha value is -2.13. The Morgan fingerprint density at radius 1 is 1.32 bits per heavy atom. The molecule has 0 aromatic heterocycles.